The standard InChI is InChI=1S/C17H22N4O4S/c1-26(23,24)8-7-25-17(22)20-14-5-4-13-3-2-6-21(16(13)9-14)11-15-10-18-12-19-15/h4-5,9-10,12H,2-3,6-8,11H2,1H3,(H,18,19)(H,20,22)/p+1. The highest BCUT2D eigenvalue weighted by Gasteiger charge is 2.19. The molecule has 1 atom stereocenters. The van der Waals surface area contributed by atoms with Crippen LogP contribution < -0.4 is 10.2 Å². The zero-order valence-electron chi connectivity index (χ0n) is 14.6. The molecule has 0 aliphatic carbocycles. The average Bonchev–Trinajstić information content (AvgIpc) is 3.07. The van der Waals surface area contributed by atoms with Gasteiger partial charge < -0.3 is 14.6 Å². The zero-order chi connectivity index (χ0) is 18.6. The Morgan fingerprint density at radius 2 is 2.35 bits per heavy atom. The van der Waals surface area contributed by atoms with E-state index in [1.807, 2.05) is 18.2 Å². The molecule has 0 radical (unpaired) electrons. The summed E-state index contributed by atoms with van der Waals surface area (Å²) in [6.45, 7) is 1.55. The summed E-state index contributed by atoms with van der Waals surface area (Å²) >= 11 is 0. The number of carbonyl (C=O) groups is 1. The lowest BCUT2D eigenvalue weighted by atomic mass is 10.0. The minimum Gasteiger partial charge on any atom is -0.448 e. The van der Waals surface area contributed by atoms with Gasteiger partial charge >= 0.3 is 6.09 Å². The number of amides is 1. The number of carbonyl (C=O) groups excluding carboxylic acids is 1. The molecule has 0 saturated heterocycles. The molecule has 0 spiro atoms. The number of benzene rings is 1. The summed E-state index contributed by atoms with van der Waals surface area (Å²) < 4.78 is 25.3. The van der Waals surface area contributed by atoms with Crippen LogP contribution in [-0.4, -0.2) is 49.6 Å². The lowest BCUT2D eigenvalue weighted by molar-refractivity contribution is 0.168. The lowest BCUT2D eigenvalue weighted by Crippen LogP contribution is -2.29. The van der Waals surface area contributed by atoms with Gasteiger partial charge in [0.15, 0.2) is 0 Å². The van der Waals surface area contributed by atoms with E-state index in [2.05, 4.69) is 20.2 Å². The first-order valence-corrected chi connectivity index (χ1v) is 10.5. The van der Waals surface area contributed by atoms with Crippen molar-refractivity contribution in [3.05, 3.63) is 42.0 Å². The molecule has 0 saturated carbocycles. The van der Waals surface area contributed by atoms with Crippen molar-refractivity contribution in [1.29, 1.82) is 0 Å². The maximum absolute atomic E-state index is 11.9. The van der Waals surface area contributed by atoms with Crippen molar-refractivity contribution in [2.24, 2.45) is 0 Å². The van der Waals surface area contributed by atoms with Crippen molar-refractivity contribution in [2.75, 3.05) is 35.4 Å². The van der Waals surface area contributed by atoms with Crippen molar-refractivity contribution >= 4 is 27.3 Å². The molecule has 2 heterocycles. The van der Waals surface area contributed by atoms with Crippen molar-refractivity contribution < 1.29 is 17.9 Å². The summed E-state index contributed by atoms with van der Waals surface area (Å²) in [7, 11) is -2.91. The van der Waals surface area contributed by atoms with E-state index in [4.69, 9.17) is 4.74 Å². The second-order valence-corrected chi connectivity index (χ2v) is 8.70. The van der Waals surface area contributed by atoms with Crippen LogP contribution in [0.25, 0.3) is 0 Å². The van der Waals surface area contributed by atoms with Gasteiger partial charge in [0.25, 0.3) is 9.84 Å². The summed E-state index contributed by atoms with van der Waals surface area (Å²) in [4.78, 5) is 21.3. The molecule has 3 N–H and O–H groups in total. The Kier molecular flexibility index (Phi) is 5.46. The van der Waals surface area contributed by atoms with Gasteiger partial charge in [0.2, 0.25) is 0 Å². The quantitative estimate of drug-likeness (QED) is 0.747. The van der Waals surface area contributed by atoms with Crippen LogP contribution in [0.15, 0.2) is 30.7 Å². The highest BCUT2D eigenvalue weighted by Crippen LogP contribution is 2.31. The molecule has 1 aromatic carbocycles. The number of H-pyrrole nitrogens is 1. The number of aromatic nitrogens is 2. The van der Waals surface area contributed by atoms with Crippen LogP contribution in [0, 0.1) is 0 Å². The highest BCUT2D eigenvalue weighted by molar-refractivity contribution is 7.90. The van der Waals surface area contributed by atoms with E-state index in [1.165, 1.54) is 11.8 Å². The molecule has 1 unspecified atom stereocenters. The second-order valence-electron chi connectivity index (χ2n) is 6.37. The molecule has 2 aromatic rings. The summed E-state index contributed by atoms with van der Waals surface area (Å²) in [6, 6.07) is 5.78. The van der Waals surface area contributed by atoms with Gasteiger partial charge in [-0.3, -0.25) is 5.32 Å². The molecule has 140 valence electrons. The van der Waals surface area contributed by atoms with Gasteiger partial charge in [-0.25, -0.2) is 14.0 Å². The monoisotopic (exact) mass is 379 g/mol. The number of anilines is 2. The van der Waals surface area contributed by atoms with E-state index >= 15 is 0 Å². The Morgan fingerprint density at radius 1 is 1.50 bits per heavy atom. The maximum Gasteiger partial charge on any atom is 0.411 e. The molecule has 1 aliphatic rings. The number of fused-ring (bicyclic) bond motifs is 1. The summed E-state index contributed by atoms with van der Waals surface area (Å²) in [5.41, 5.74) is 3.98. The molecule has 3 rings (SSSR count). The molecule has 1 aromatic heterocycles. The minimum atomic E-state index is -2.91. The number of hydrogen-bond acceptors (Lipinski definition) is 5. The summed E-state index contributed by atoms with van der Waals surface area (Å²) in [5, 5.41) is 2.68. The number of nitrogens with one attached hydrogen (secondary N) is 2. The molecule has 26 heavy (non-hydrogen) atoms. The number of ether oxygens (including phenoxy) is 1. The third-order valence-electron chi connectivity index (χ3n) is 4.16. The van der Waals surface area contributed by atoms with Gasteiger partial charge in [-0.2, -0.15) is 4.21 Å². The fraction of sp³-hybridized carbons (Fsp3) is 0.412. The fourth-order valence-corrected chi connectivity index (χ4v) is 3.30. The third-order valence-corrected chi connectivity index (χ3v) is 5.08. The summed E-state index contributed by atoms with van der Waals surface area (Å²) in [6.07, 6.45) is 6.13. The smallest absolute Gasteiger partial charge is 0.411 e. The van der Waals surface area contributed by atoms with E-state index < -0.39 is 15.9 Å². The van der Waals surface area contributed by atoms with Crippen LogP contribution in [0.5, 0.6) is 0 Å². The fourth-order valence-electron chi connectivity index (χ4n) is 2.91. The zero-order valence-corrected chi connectivity index (χ0v) is 15.4. The first-order valence-electron chi connectivity index (χ1n) is 8.39. The first-order chi connectivity index (χ1) is 12.4. The molecule has 0 bridgehead atoms. The number of hydrogen-bond donors (Lipinski definition) is 2. The van der Waals surface area contributed by atoms with Gasteiger partial charge in [-0.15, -0.1) is 0 Å². The van der Waals surface area contributed by atoms with Crippen LogP contribution in [0.2, 0.25) is 0 Å². The molecule has 8 nitrogen and oxygen atoms in total. The SMILES string of the molecule is CS(=O)(=[OH+])CCOC(=O)Nc1ccc2c(c1)N(Cc1cnc[nH]1)CCC2. The normalized spacial score (nSPS) is 15.8. The molecule has 1 aliphatic heterocycles. The number of aryl methyl sites for hydroxylation is 1. The van der Waals surface area contributed by atoms with Gasteiger partial charge in [0.1, 0.15) is 12.4 Å². The van der Waals surface area contributed by atoms with E-state index in [-0.39, 0.29) is 12.4 Å². The van der Waals surface area contributed by atoms with E-state index in [0.29, 0.717) is 5.69 Å². The van der Waals surface area contributed by atoms with Crippen molar-refractivity contribution in [3.8, 4) is 0 Å². The van der Waals surface area contributed by atoms with Crippen LogP contribution in [0.3, 0.4) is 0 Å². The Bertz CT molecular complexity index is 865. The van der Waals surface area contributed by atoms with Crippen molar-refractivity contribution in [1.82, 2.24) is 9.97 Å². The Morgan fingerprint density at radius 3 is 3.08 bits per heavy atom. The highest BCUT2D eigenvalue weighted by atomic mass is 32.2. The number of imidazole rings is 1. The van der Waals surface area contributed by atoms with Gasteiger partial charge in [0.05, 0.1) is 24.8 Å². The van der Waals surface area contributed by atoms with Crippen molar-refractivity contribution in [2.45, 2.75) is 19.4 Å². The molecular formula is C17H23N4O4S+. The number of rotatable bonds is 6. The predicted octanol–water partition coefficient (Wildman–Crippen LogP) is 2.11. The van der Waals surface area contributed by atoms with Crippen molar-refractivity contribution in [3.63, 3.8) is 0 Å². The van der Waals surface area contributed by atoms with Gasteiger partial charge in [-0.1, -0.05) is 6.07 Å². The Balaban J connectivity index is 1.65. The van der Waals surface area contributed by atoms with Crippen LogP contribution in [0.1, 0.15) is 17.7 Å². The average molecular weight is 379 g/mol. The predicted molar refractivity (Wildman–Crippen MR) is 100 cm³/mol. The molecular weight excluding hydrogens is 356 g/mol. The lowest BCUT2D eigenvalue weighted by Gasteiger charge is -2.31. The van der Waals surface area contributed by atoms with Crippen LogP contribution in [-0.2, 0) is 27.5 Å². The number of aromatic amines is 1. The van der Waals surface area contributed by atoms with E-state index in [9.17, 15) is 13.2 Å². The Labute approximate surface area is 152 Å². The molecule has 1 amide bonds. The third kappa shape index (κ3) is 4.98. The molecule has 0 fully saturated rings. The van der Waals surface area contributed by atoms with E-state index in [1.54, 1.807) is 12.5 Å². The van der Waals surface area contributed by atoms with Gasteiger partial charge in [-0.05, 0) is 30.5 Å². The largest absolute Gasteiger partial charge is 0.448 e. The number of nitrogens with zero attached hydrogens (tertiary/aromatic N) is 2. The molecule has 9 heteroatoms. The Hall–Kier alpha value is -2.55. The second kappa shape index (κ2) is 7.77. The van der Waals surface area contributed by atoms with E-state index in [0.717, 1.165) is 37.3 Å². The van der Waals surface area contributed by atoms with Crippen LogP contribution >= 0.6 is 0 Å². The summed E-state index contributed by atoms with van der Waals surface area (Å²) in [5.74, 6) is -0.0808. The minimum absolute atomic E-state index is 0.0808. The topological polar surface area (TPSA) is 109 Å². The first kappa shape index (κ1) is 18.2. The van der Waals surface area contributed by atoms with Crippen LogP contribution in [0.4, 0.5) is 16.2 Å². The maximum atomic E-state index is 11.9. The van der Waals surface area contributed by atoms with Gasteiger partial charge in [0, 0.05) is 24.1 Å².